The number of carboxylic acids is 1. The van der Waals surface area contributed by atoms with Gasteiger partial charge in [-0.15, -0.1) is 13.2 Å². The first kappa shape index (κ1) is 28.7. The van der Waals surface area contributed by atoms with Crippen LogP contribution in [0.1, 0.15) is 27.7 Å². The average molecular weight is 539 g/mol. The minimum Gasteiger partial charge on any atom is -0.475 e. The number of carboxylic acid groups (broad SMARTS) is 1. The van der Waals surface area contributed by atoms with E-state index in [1.807, 2.05) is 0 Å². The molecule has 0 fully saturated rings. The lowest BCUT2D eigenvalue weighted by Gasteiger charge is -2.20. The van der Waals surface area contributed by atoms with E-state index in [1.54, 1.807) is 0 Å². The van der Waals surface area contributed by atoms with Gasteiger partial charge in [-0.3, -0.25) is 14.6 Å². The van der Waals surface area contributed by atoms with E-state index in [0.717, 1.165) is 30.5 Å². The van der Waals surface area contributed by atoms with Crippen LogP contribution in [0.3, 0.4) is 0 Å². The smallest absolute Gasteiger partial charge is 0.475 e. The van der Waals surface area contributed by atoms with E-state index < -0.39 is 53.4 Å². The number of nitrogens with zero attached hydrogens (tertiary/aromatic N) is 1. The Bertz CT molecular complexity index is 1300. The lowest BCUT2D eigenvalue weighted by molar-refractivity contribution is -0.274. The fourth-order valence-electron chi connectivity index (χ4n) is 2.61. The van der Waals surface area contributed by atoms with Crippen molar-refractivity contribution in [1.29, 1.82) is 0 Å². The summed E-state index contributed by atoms with van der Waals surface area (Å²) < 4.78 is 101. The normalized spacial score (nSPS) is 12.1. The van der Waals surface area contributed by atoms with Crippen LogP contribution in [0, 0.1) is 11.6 Å². The first-order valence-corrected chi connectivity index (χ1v) is 9.54. The molecule has 37 heavy (non-hydrogen) atoms. The Morgan fingerprint density at radius 1 is 1.00 bits per heavy atom. The second-order valence-corrected chi connectivity index (χ2v) is 6.75. The molecular weight excluding hydrogens is 526 g/mol. The van der Waals surface area contributed by atoms with Crippen LogP contribution in [-0.4, -0.2) is 39.5 Å². The van der Waals surface area contributed by atoms with Crippen molar-refractivity contribution in [1.82, 2.24) is 15.3 Å². The molecule has 16 heteroatoms. The Morgan fingerprint density at radius 2 is 1.65 bits per heavy atom. The van der Waals surface area contributed by atoms with Gasteiger partial charge in [0.2, 0.25) is 5.56 Å². The maximum Gasteiger partial charge on any atom is 0.573 e. The lowest BCUT2D eigenvalue weighted by Crippen LogP contribution is -2.31. The van der Waals surface area contributed by atoms with Gasteiger partial charge in [-0.1, -0.05) is 0 Å². The number of halogens is 8. The lowest BCUT2D eigenvalue weighted by atomic mass is 10.0. The number of pyridine rings is 2. The number of rotatable bonds is 5. The molecule has 8 nitrogen and oxygen atoms in total. The van der Waals surface area contributed by atoms with Crippen molar-refractivity contribution in [2.45, 2.75) is 18.6 Å². The number of aromatic amines is 1. The average Bonchev–Trinajstić information content (AvgIpc) is 2.77. The van der Waals surface area contributed by atoms with Crippen LogP contribution < -0.4 is 15.6 Å². The quantitative estimate of drug-likeness (QED) is 0.420. The van der Waals surface area contributed by atoms with Gasteiger partial charge in [0.05, 0.1) is 5.56 Å². The number of aliphatic carboxylic acids is 1. The van der Waals surface area contributed by atoms with Gasteiger partial charge in [0.25, 0.3) is 5.91 Å². The summed E-state index contributed by atoms with van der Waals surface area (Å²) in [5.41, 5.74) is -1.20. The Kier molecular flexibility index (Phi) is 8.92. The molecule has 1 amide bonds. The number of carbonyl (C=O) groups is 2. The highest BCUT2D eigenvalue weighted by Crippen LogP contribution is 2.30. The topological polar surface area (TPSA) is 121 Å². The Labute approximate surface area is 200 Å². The van der Waals surface area contributed by atoms with Crippen LogP contribution in [0.4, 0.5) is 35.1 Å². The summed E-state index contributed by atoms with van der Waals surface area (Å²) >= 11 is 0. The molecule has 1 aromatic carbocycles. The van der Waals surface area contributed by atoms with Gasteiger partial charge in [-0.05, 0) is 30.3 Å². The second-order valence-electron chi connectivity index (χ2n) is 6.75. The summed E-state index contributed by atoms with van der Waals surface area (Å²) in [6, 6.07) is 5.30. The SMILES string of the molecule is O=C(NC(c1ccc(OC(F)(F)F)cc1F)c1ncccc1F)c1ccc(=O)[nH]c1.O=C(O)C(F)(F)F. The maximum absolute atomic E-state index is 14.6. The van der Waals surface area contributed by atoms with Crippen LogP contribution in [-0.2, 0) is 4.79 Å². The number of amides is 1. The van der Waals surface area contributed by atoms with E-state index in [9.17, 15) is 44.7 Å². The van der Waals surface area contributed by atoms with E-state index >= 15 is 0 Å². The van der Waals surface area contributed by atoms with Gasteiger partial charge >= 0.3 is 18.5 Å². The van der Waals surface area contributed by atoms with Gasteiger partial charge in [-0.25, -0.2) is 13.6 Å². The van der Waals surface area contributed by atoms with Crippen LogP contribution in [0.15, 0.2) is 59.7 Å². The van der Waals surface area contributed by atoms with Gasteiger partial charge in [0, 0.05) is 30.1 Å². The summed E-state index contributed by atoms with van der Waals surface area (Å²) in [4.78, 5) is 38.6. The highest BCUT2D eigenvalue weighted by Gasteiger charge is 2.38. The molecule has 198 valence electrons. The predicted molar refractivity (Wildman–Crippen MR) is 107 cm³/mol. The monoisotopic (exact) mass is 539 g/mol. The Morgan fingerprint density at radius 3 is 2.14 bits per heavy atom. The molecule has 0 bridgehead atoms. The van der Waals surface area contributed by atoms with Crippen molar-refractivity contribution < 1.29 is 54.6 Å². The van der Waals surface area contributed by atoms with Crippen molar-refractivity contribution in [2.75, 3.05) is 0 Å². The van der Waals surface area contributed by atoms with E-state index in [4.69, 9.17) is 9.90 Å². The van der Waals surface area contributed by atoms with Crippen LogP contribution in [0.25, 0.3) is 0 Å². The van der Waals surface area contributed by atoms with Gasteiger partial charge < -0.3 is 20.1 Å². The summed E-state index contributed by atoms with van der Waals surface area (Å²) in [6.45, 7) is 0. The number of hydrogen-bond acceptors (Lipinski definition) is 5. The molecule has 0 aliphatic heterocycles. The first-order valence-electron chi connectivity index (χ1n) is 9.54. The number of ether oxygens (including phenoxy) is 1. The first-order chi connectivity index (χ1) is 17.1. The number of nitrogens with one attached hydrogen (secondary N) is 2. The van der Waals surface area contributed by atoms with E-state index in [-0.39, 0.29) is 16.8 Å². The molecule has 1 unspecified atom stereocenters. The van der Waals surface area contributed by atoms with Gasteiger partial charge in [-0.2, -0.15) is 13.2 Å². The minimum absolute atomic E-state index is 0.0200. The number of carbonyl (C=O) groups excluding carboxylic acids is 1. The molecule has 0 saturated heterocycles. The molecule has 1 atom stereocenters. The molecule has 2 heterocycles. The van der Waals surface area contributed by atoms with Crippen molar-refractivity contribution in [2.24, 2.45) is 0 Å². The number of benzene rings is 1. The third-order valence-corrected chi connectivity index (χ3v) is 4.14. The third-order valence-electron chi connectivity index (χ3n) is 4.14. The predicted octanol–water partition coefficient (Wildman–Crippen LogP) is 4.10. The van der Waals surface area contributed by atoms with Gasteiger partial charge in [0.1, 0.15) is 29.1 Å². The molecule has 0 aliphatic carbocycles. The zero-order valence-electron chi connectivity index (χ0n) is 17.8. The molecular formula is C21H13F8N3O5. The van der Waals surface area contributed by atoms with Crippen molar-refractivity contribution in [3.8, 4) is 5.75 Å². The van der Waals surface area contributed by atoms with E-state index in [1.165, 1.54) is 18.3 Å². The number of hydrogen-bond donors (Lipinski definition) is 3. The summed E-state index contributed by atoms with van der Waals surface area (Å²) in [6.07, 6.45) is -7.81. The Balaban J connectivity index is 0.000000604. The highest BCUT2D eigenvalue weighted by molar-refractivity contribution is 5.94. The van der Waals surface area contributed by atoms with Crippen LogP contribution in [0.5, 0.6) is 5.75 Å². The fraction of sp³-hybridized carbons (Fsp3) is 0.143. The molecule has 3 rings (SSSR count). The highest BCUT2D eigenvalue weighted by atomic mass is 19.4. The fourth-order valence-corrected chi connectivity index (χ4v) is 2.61. The van der Waals surface area contributed by atoms with Crippen molar-refractivity contribution in [3.63, 3.8) is 0 Å². The summed E-state index contributed by atoms with van der Waals surface area (Å²) in [5.74, 6) is -6.45. The Hall–Kier alpha value is -4.50. The summed E-state index contributed by atoms with van der Waals surface area (Å²) in [7, 11) is 0. The number of alkyl halides is 6. The van der Waals surface area contributed by atoms with E-state index in [2.05, 4.69) is 20.0 Å². The van der Waals surface area contributed by atoms with Crippen LogP contribution in [0.2, 0.25) is 0 Å². The van der Waals surface area contributed by atoms with Crippen molar-refractivity contribution >= 4 is 11.9 Å². The zero-order chi connectivity index (χ0) is 28.0. The molecule has 3 aromatic rings. The molecule has 0 saturated carbocycles. The molecule has 2 aromatic heterocycles. The minimum atomic E-state index is -5.08. The zero-order valence-corrected chi connectivity index (χ0v) is 17.8. The standard InChI is InChI=1S/C19H12F5N3O3.C2HF3O2/c20-13-2-1-7-25-17(13)16(27-18(29)10-3-6-15(28)26-9-10)12-5-4-11(8-14(12)21)30-19(22,23)24;3-2(4,5)1(6)7/h1-9,16H,(H,26,28)(H,27,29);(H,6,7). The number of H-pyrrole nitrogens is 1. The molecule has 3 N–H and O–H groups in total. The van der Waals surface area contributed by atoms with Gasteiger partial charge in [0.15, 0.2) is 0 Å². The van der Waals surface area contributed by atoms with E-state index in [0.29, 0.717) is 6.07 Å². The molecule has 0 aliphatic rings. The second kappa shape index (κ2) is 11.5. The summed E-state index contributed by atoms with van der Waals surface area (Å²) in [5, 5.41) is 9.49. The van der Waals surface area contributed by atoms with Crippen LogP contribution >= 0.6 is 0 Å². The molecule has 0 spiro atoms. The van der Waals surface area contributed by atoms with Crippen molar-refractivity contribution in [3.05, 3.63) is 93.7 Å². The number of aromatic nitrogens is 2. The maximum atomic E-state index is 14.6. The third kappa shape index (κ3) is 8.59. The molecule has 0 radical (unpaired) electrons. The largest absolute Gasteiger partial charge is 0.573 e.